The number of carbonyl (C=O) groups is 1. The van der Waals surface area contributed by atoms with Crippen LogP contribution < -0.4 is 5.32 Å². The maximum atomic E-state index is 11.7. The van der Waals surface area contributed by atoms with Gasteiger partial charge in [-0.25, -0.2) is 4.79 Å². The largest absolute Gasteiger partial charge is 0.335 e. The molecule has 1 saturated carbocycles. The summed E-state index contributed by atoms with van der Waals surface area (Å²) in [5, 5.41) is 3.07. The highest BCUT2D eigenvalue weighted by atomic mass is 16.2. The SMILES string of the molecule is CCN(CC)C(=O)NC(C)C1CCC1. The van der Waals surface area contributed by atoms with Crippen LogP contribution in [0.3, 0.4) is 0 Å². The summed E-state index contributed by atoms with van der Waals surface area (Å²) >= 11 is 0. The van der Waals surface area contributed by atoms with E-state index in [1.165, 1.54) is 19.3 Å². The Kier molecular flexibility index (Phi) is 4.23. The number of hydrogen-bond acceptors (Lipinski definition) is 1. The first-order chi connectivity index (χ1) is 6.69. The number of hydrogen-bond donors (Lipinski definition) is 1. The first-order valence-electron chi connectivity index (χ1n) is 5.74. The van der Waals surface area contributed by atoms with E-state index in [1.54, 1.807) is 0 Å². The van der Waals surface area contributed by atoms with Crippen LogP contribution in [0.5, 0.6) is 0 Å². The van der Waals surface area contributed by atoms with Gasteiger partial charge in [0.05, 0.1) is 0 Å². The maximum absolute atomic E-state index is 11.7. The second-order valence-corrected chi connectivity index (χ2v) is 4.10. The predicted molar refractivity (Wildman–Crippen MR) is 58.3 cm³/mol. The Bertz CT molecular complexity index is 186. The molecule has 0 aromatic carbocycles. The highest BCUT2D eigenvalue weighted by Gasteiger charge is 2.25. The second-order valence-electron chi connectivity index (χ2n) is 4.10. The second kappa shape index (κ2) is 5.23. The molecule has 0 saturated heterocycles. The quantitative estimate of drug-likeness (QED) is 0.738. The molecule has 1 unspecified atom stereocenters. The molecule has 0 bridgehead atoms. The lowest BCUT2D eigenvalue weighted by Gasteiger charge is -2.33. The average Bonchev–Trinajstić information content (AvgIpc) is 2.02. The van der Waals surface area contributed by atoms with Crippen molar-refractivity contribution in [2.75, 3.05) is 13.1 Å². The van der Waals surface area contributed by atoms with E-state index in [0.717, 1.165) is 19.0 Å². The van der Waals surface area contributed by atoms with Crippen LogP contribution in [-0.4, -0.2) is 30.1 Å². The summed E-state index contributed by atoms with van der Waals surface area (Å²) in [6.45, 7) is 7.72. The van der Waals surface area contributed by atoms with Gasteiger partial charge in [0.15, 0.2) is 0 Å². The monoisotopic (exact) mass is 198 g/mol. The van der Waals surface area contributed by atoms with Crippen molar-refractivity contribution in [3.8, 4) is 0 Å². The van der Waals surface area contributed by atoms with Crippen LogP contribution in [0.4, 0.5) is 4.79 Å². The number of nitrogens with one attached hydrogen (secondary N) is 1. The van der Waals surface area contributed by atoms with Gasteiger partial charge in [0.2, 0.25) is 0 Å². The molecular formula is C11H22N2O. The van der Waals surface area contributed by atoms with Crippen molar-refractivity contribution in [1.29, 1.82) is 0 Å². The minimum atomic E-state index is 0.0920. The number of urea groups is 1. The third kappa shape index (κ3) is 2.63. The van der Waals surface area contributed by atoms with E-state index in [1.807, 2.05) is 18.7 Å². The number of nitrogens with zero attached hydrogens (tertiary/aromatic N) is 1. The van der Waals surface area contributed by atoms with E-state index in [4.69, 9.17) is 0 Å². The Labute approximate surface area is 86.9 Å². The zero-order valence-corrected chi connectivity index (χ0v) is 9.55. The van der Waals surface area contributed by atoms with Crippen LogP contribution in [0.25, 0.3) is 0 Å². The van der Waals surface area contributed by atoms with Crippen molar-refractivity contribution >= 4 is 6.03 Å². The zero-order valence-electron chi connectivity index (χ0n) is 9.55. The minimum Gasteiger partial charge on any atom is -0.335 e. The van der Waals surface area contributed by atoms with Crippen molar-refractivity contribution in [3.63, 3.8) is 0 Å². The summed E-state index contributed by atoms with van der Waals surface area (Å²) in [4.78, 5) is 13.5. The molecule has 82 valence electrons. The molecule has 1 aliphatic rings. The van der Waals surface area contributed by atoms with Gasteiger partial charge in [0.1, 0.15) is 0 Å². The van der Waals surface area contributed by atoms with E-state index in [0.29, 0.717) is 6.04 Å². The van der Waals surface area contributed by atoms with E-state index in [-0.39, 0.29) is 6.03 Å². The van der Waals surface area contributed by atoms with E-state index in [9.17, 15) is 4.79 Å². The van der Waals surface area contributed by atoms with Gasteiger partial charge in [-0.05, 0) is 39.5 Å². The van der Waals surface area contributed by atoms with Gasteiger partial charge in [-0.15, -0.1) is 0 Å². The lowest BCUT2D eigenvalue weighted by Crippen LogP contribution is -2.47. The molecule has 1 aliphatic carbocycles. The Balaban J connectivity index is 2.30. The fourth-order valence-electron chi connectivity index (χ4n) is 1.85. The van der Waals surface area contributed by atoms with Crippen LogP contribution in [0.15, 0.2) is 0 Å². The molecule has 3 nitrogen and oxygen atoms in total. The molecular weight excluding hydrogens is 176 g/mol. The summed E-state index contributed by atoms with van der Waals surface area (Å²) in [6.07, 6.45) is 3.88. The fraction of sp³-hybridized carbons (Fsp3) is 0.909. The maximum Gasteiger partial charge on any atom is 0.317 e. The highest BCUT2D eigenvalue weighted by molar-refractivity contribution is 5.74. The normalized spacial score (nSPS) is 18.5. The number of carbonyl (C=O) groups excluding carboxylic acids is 1. The Morgan fingerprint density at radius 1 is 1.43 bits per heavy atom. The molecule has 14 heavy (non-hydrogen) atoms. The van der Waals surface area contributed by atoms with Crippen molar-refractivity contribution in [1.82, 2.24) is 10.2 Å². The lowest BCUT2D eigenvalue weighted by atomic mass is 9.80. The van der Waals surface area contributed by atoms with Gasteiger partial charge in [0.25, 0.3) is 0 Å². The average molecular weight is 198 g/mol. The van der Waals surface area contributed by atoms with Crippen LogP contribution in [0.2, 0.25) is 0 Å². The van der Waals surface area contributed by atoms with Crippen LogP contribution in [0, 0.1) is 5.92 Å². The first kappa shape index (κ1) is 11.3. The summed E-state index contributed by atoms with van der Waals surface area (Å²) in [5.74, 6) is 0.717. The summed E-state index contributed by atoms with van der Waals surface area (Å²) in [6, 6.07) is 0.436. The van der Waals surface area contributed by atoms with Crippen LogP contribution in [-0.2, 0) is 0 Å². The van der Waals surface area contributed by atoms with Crippen LogP contribution >= 0.6 is 0 Å². The first-order valence-corrected chi connectivity index (χ1v) is 5.74. The third-order valence-electron chi connectivity index (χ3n) is 3.26. The van der Waals surface area contributed by atoms with Gasteiger partial charge in [0, 0.05) is 19.1 Å². The summed E-state index contributed by atoms with van der Waals surface area (Å²) in [5.41, 5.74) is 0. The molecule has 1 atom stereocenters. The van der Waals surface area contributed by atoms with E-state index < -0.39 is 0 Å². The fourth-order valence-corrected chi connectivity index (χ4v) is 1.85. The minimum absolute atomic E-state index is 0.0920. The van der Waals surface area contributed by atoms with Crippen molar-refractivity contribution in [2.45, 2.75) is 46.1 Å². The van der Waals surface area contributed by atoms with Gasteiger partial charge < -0.3 is 10.2 Å². The molecule has 1 rings (SSSR count). The molecule has 1 N–H and O–H groups in total. The number of amides is 2. The standard InChI is InChI=1S/C11H22N2O/c1-4-13(5-2)11(14)12-9(3)10-7-6-8-10/h9-10H,4-8H2,1-3H3,(H,12,14). The lowest BCUT2D eigenvalue weighted by molar-refractivity contribution is 0.183. The smallest absolute Gasteiger partial charge is 0.317 e. The van der Waals surface area contributed by atoms with Crippen LogP contribution in [0.1, 0.15) is 40.0 Å². The van der Waals surface area contributed by atoms with E-state index >= 15 is 0 Å². The Morgan fingerprint density at radius 3 is 2.36 bits per heavy atom. The molecule has 3 heteroatoms. The molecule has 0 heterocycles. The van der Waals surface area contributed by atoms with Gasteiger partial charge >= 0.3 is 6.03 Å². The molecule has 1 fully saturated rings. The molecule has 0 spiro atoms. The number of rotatable bonds is 4. The molecule has 2 amide bonds. The summed E-state index contributed by atoms with van der Waals surface area (Å²) in [7, 11) is 0. The van der Waals surface area contributed by atoms with Gasteiger partial charge in [-0.3, -0.25) is 0 Å². The summed E-state index contributed by atoms with van der Waals surface area (Å²) < 4.78 is 0. The molecule has 0 aromatic rings. The van der Waals surface area contributed by atoms with Gasteiger partial charge in [-0.2, -0.15) is 0 Å². The Hall–Kier alpha value is -0.730. The Morgan fingerprint density at radius 2 is 2.00 bits per heavy atom. The van der Waals surface area contributed by atoms with Crippen molar-refractivity contribution in [2.24, 2.45) is 5.92 Å². The van der Waals surface area contributed by atoms with E-state index in [2.05, 4.69) is 12.2 Å². The zero-order chi connectivity index (χ0) is 10.6. The highest BCUT2D eigenvalue weighted by Crippen LogP contribution is 2.29. The molecule has 0 radical (unpaired) electrons. The predicted octanol–water partition coefficient (Wildman–Crippen LogP) is 2.23. The molecule has 0 aromatic heterocycles. The topological polar surface area (TPSA) is 32.3 Å². The molecule has 0 aliphatic heterocycles. The van der Waals surface area contributed by atoms with Gasteiger partial charge in [-0.1, -0.05) is 6.42 Å². The third-order valence-corrected chi connectivity index (χ3v) is 3.26. The van der Waals surface area contributed by atoms with Crippen molar-refractivity contribution < 1.29 is 4.79 Å². The van der Waals surface area contributed by atoms with Crippen molar-refractivity contribution in [3.05, 3.63) is 0 Å².